The van der Waals surface area contributed by atoms with Crippen LogP contribution < -0.4 is 5.43 Å². The third kappa shape index (κ3) is 4.97. The van der Waals surface area contributed by atoms with Crippen LogP contribution >= 0.6 is 0 Å². The first-order chi connectivity index (χ1) is 13.3. The molecule has 1 fully saturated rings. The van der Waals surface area contributed by atoms with Crippen LogP contribution in [0.15, 0.2) is 65.8 Å². The number of carbonyl (C=O) groups excluding carboxylic acids is 2. The van der Waals surface area contributed by atoms with E-state index in [1.165, 1.54) is 0 Å². The predicted molar refractivity (Wildman–Crippen MR) is 97.4 cm³/mol. The molecule has 1 heterocycles. The van der Waals surface area contributed by atoms with E-state index >= 15 is 0 Å². The molecule has 0 aliphatic carbocycles. The van der Waals surface area contributed by atoms with E-state index in [2.05, 4.69) is 10.5 Å². The van der Waals surface area contributed by atoms with Crippen molar-refractivity contribution in [1.82, 2.24) is 10.3 Å². The van der Waals surface area contributed by atoms with Crippen molar-refractivity contribution in [2.45, 2.75) is 12.6 Å². The first-order valence-electron chi connectivity index (χ1n) is 8.66. The van der Waals surface area contributed by atoms with Gasteiger partial charge >= 0.3 is 6.18 Å². The van der Waals surface area contributed by atoms with E-state index in [0.717, 1.165) is 11.1 Å². The van der Waals surface area contributed by atoms with E-state index < -0.39 is 30.5 Å². The largest absolute Gasteiger partial charge is 0.406 e. The molecule has 5 nitrogen and oxygen atoms in total. The van der Waals surface area contributed by atoms with Crippen molar-refractivity contribution in [2.24, 2.45) is 11.0 Å². The second-order valence-electron chi connectivity index (χ2n) is 6.46. The third-order valence-electron chi connectivity index (χ3n) is 4.33. The Bertz CT molecular complexity index is 826. The van der Waals surface area contributed by atoms with Crippen LogP contribution in [-0.2, 0) is 9.59 Å². The Balaban J connectivity index is 1.75. The van der Waals surface area contributed by atoms with E-state index in [1.54, 1.807) is 0 Å². The normalized spacial score (nSPS) is 16.8. The van der Waals surface area contributed by atoms with Gasteiger partial charge in [0.1, 0.15) is 6.54 Å². The van der Waals surface area contributed by atoms with E-state index in [0.29, 0.717) is 10.6 Å². The van der Waals surface area contributed by atoms with Gasteiger partial charge < -0.3 is 4.90 Å². The van der Waals surface area contributed by atoms with Gasteiger partial charge in [0.2, 0.25) is 11.8 Å². The maximum Gasteiger partial charge on any atom is 0.406 e. The Morgan fingerprint density at radius 3 is 2.07 bits per heavy atom. The zero-order chi connectivity index (χ0) is 20.1. The van der Waals surface area contributed by atoms with Crippen molar-refractivity contribution in [1.29, 1.82) is 0 Å². The Morgan fingerprint density at radius 2 is 1.57 bits per heavy atom. The number of hydrogen-bond acceptors (Lipinski definition) is 3. The lowest BCUT2D eigenvalue weighted by atomic mass is 10.0. The van der Waals surface area contributed by atoms with Gasteiger partial charge in [-0.25, -0.2) is 5.43 Å². The Morgan fingerprint density at radius 1 is 1.04 bits per heavy atom. The van der Waals surface area contributed by atoms with Crippen LogP contribution in [0, 0.1) is 5.92 Å². The van der Waals surface area contributed by atoms with Crippen LogP contribution in [0.5, 0.6) is 0 Å². The minimum Gasteiger partial charge on any atom is -0.333 e. The summed E-state index contributed by atoms with van der Waals surface area (Å²) in [6.45, 7) is -1.62. The molecule has 1 unspecified atom stereocenters. The van der Waals surface area contributed by atoms with E-state index in [9.17, 15) is 22.8 Å². The summed E-state index contributed by atoms with van der Waals surface area (Å²) >= 11 is 0. The van der Waals surface area contributed by atoms with Crippen LogP contribution in [0.4, 0.5) is 13.2 Å². The number of hydrazone groups is 1. The SMILES string of the molecule is O=C(NN=C(c1ccccc1)c1ccccc1)C1CC(=O)N(CC(F)(F)F)C1. The van der Waals surface area contributed by atoms with Crippen molar-refractivity contribution in [2.75, 3.05) is 13.1 Å². The number of likely N-dealkylation sites (tertiary alicyclic amines) is 1. The molecule has 28 heavy (non-hydrogen) atoms. The molecule has 2 amide bonds. The highest BCUT2D eigenvalue weighted by Gasteiger charge is 2.40. The fourth-order valence-electron chi connectivity index (χ4n) is 3.01. The lowest BCUT2D eigenvalue weighted by molar-refractivity contribution is -0.157. The molecule has 1 atom stereocenters. The Labute approximate surface area is 159 Å². The Hall–Kier alpha value is -3.16. The van der Waals surface area contributed by atoms with Gasteiger partial charge in [-0.2, -0.15) is 18.3 Å². The highest BCUT2D eigenvalue weighted by molar-refractivity contribution is 6.13. The quantitative estimate of drug-likeness (QED) is 0.631. The van der Waals surface area contributed by atoms with Gasteiger partial charge in [-0.1, -0.05) is 60.7 Å². The monoisotopic (exact) mass is 389 g/mol. The minimum atomic E-state index is -4.49. The molecule has 0 bridgehead atoms. The van der Waals surface area contributed by atoms with Gasteiger partial charge in [0.05, 0.1) is 11.6 Å². The second-order valence-corrected chi connectivity index (χ2v) is 6.46. The summed E-state index contributed by atoms with van der Waals surface area (Å²) in [5.74, 6) is -2.14. The maximum atomic E-state index is 12.5. The molecule has 146 valence electrons. The number of carbonyl (C=O) groups is 2. The first kappa shape index (κ1) is 19.6. The molecule has 2 aromatic rings. The number of rotatable bonds is 5. The molecule has 0 spiro atoms. The number of hydrogen-bond donors (Lipinski definition) is 1. The van der Waals surface area contributed by atoms with Crippen molar-refractivity contribution in [3.63, 3.8) is 0 Å². The number of nitrogens with one attached hydrogen (secondary N) is 1. The smallest absolute Gasteiger partial charge is 0.333 e. The molecule has 0 saturated carbocycles. The van der Waals surface area contributed by atoms with Crippen LogP contribution in [0.3, 0.4) is 0 Å². The molecule has 1 saturated heterocycles. The van der Waals surface area contributed by atoms with Gasteiger partial charge in [-0.3, -0.25) is 9.59 Å². The van der Waals surface area contributed by atoms with Crippen molar-refractivity contribution >= 4 is 17.5 Å². The summed E-state index contributed by atoms with van der Waals surface area (Å²) in [5.41, 5.74) is 4.48. The van der Waals surface area contributed by atoms with Crippen molar-refractivity contribution in [3.05, 3.63) is 71.8 Å². The lowest BCUT2D eigenvalue weighted by Crippen LogP contribution is -2.36. The van der Waals surface area contributed by atoms with Crippen LogP contribution in [0.2, 0.25) is 0 Å². The first-order valence-corrected chi connectivity index (χ1v) is 8.66. The van der Waals surface area contributed by atoms with Gasteiger partial charge in [-0.15, -0.1) is 0 Å². The van der Waals surface area contributed by atoms with Gasteiger partial charge in [0.15, 0.2) is 0 Å². The topological polar surface area (TPSA) is 61.8 Å². The van der Waals surface area contributed by atoms with Crippen molar-refractivity contribution < 1.29 is 22.8 Å². The molecule has 1 N–H and O–H groups in total. The minimum absolute atomic E-state index is 0.260. The molecular formula is C20H18F3N3O2. The van der Waals surface area contributed by atoms with Crippen LogP contribution in [0.1, 0.15) is 17.5 Å². The lowest BCUT2D eigenvalue weighted by Gasteiger charge is -2.18. The average molecular weight is 389 g/mol. The Kier molecular flexibility index (Phi) is 5.77. The van der Waals surface area contributed by atoms with E-state index in [-0.39, 0.29) is 13.0 Å². The number of alkyl halides is 3. The molecule has 1 aliphatic heterocycles. The summed E-state index contributed by atoms with van der Waals surface area (Å²) in [6.07, 6.45) is -4.75. The third-order valence-corrected chi connectivity index (χ3v) is 4.33. The number of nitrogens with zero attached hydrogens (tertiary/aromatic N) is 2. The summed E-state index contributed by atoms with van der Waals surface area (Å²) < 4.78 is 37.6. The zero-order valence-electron chi connectivity index (χ0n) is 14.8. The maximum absolute atomic E-state index is 12.5. The second kappa shape index (κ2) is 8.24. The van der Waals surface area contributed by atoms with Crippen LogP contribution in [-0.4, -0.2) is 41.7 Å². The average Bonchev–Trinajstić information content (AvgIpc) is 3.02. The molecule has 8 heteroatoms. The zero-order valence-corrected chi connectivity index (χ0v) is 14.8. The standard InChI is InChI=1S/C20H18F3N3O2/c21-20(22,23)13-26-12-16(11-17(26)27)19(28)25-24-18(14-7-3-1-4-8-14)15-9-5-2-6-10-15/h1-10,16H,11-13H2,(H,25,28). The number of halogens is 3. The number of benzene rings is 2. The van der Waals surface area contributed by atoms with Gasteiger partial charge in [0.25, 0.3) is 0 Å². The van der Waals surface area contributed by atoms with E-state index in [1.807, 2.05) is 60.7 Å². The van der Waals surface area contributed by atoms with E-state index in [4.69, 9.17) is 0 Å². The molecular weight excluding hydrogens is 371 g/mol. The summed E-state index contributed by atoms with van der Waals surface area (Å²) in [4.78, 5) is 24.8. The summed E-state index contributed by atoms with van der Waals surface area (Å²) in [6, 6.07) is 18.4. The summed E-state index contributed by atoms with van der Waals surface area (Å²) in [5, 5.41) is 4.20. The molecule has 2 aromatic carbocycles. The molecule has 0 aromatic heterocycles. The number of amides is 2. The van der Waals surface area contributed by atoms with Gasteiger partial charge in [-0.05, 0) is 0 Å². The van der Waals surface area contributed by atoms with Crippen LogP contribution in [0.25, 0.3) is 0 Å². The predicted octanol–water partition coefficient (Wildman–Crippen LogP) is 2.97. The highest BCUT2D eigenvalue weighted by atomic mass is 19.4. The molecule has 3 rings (SSSR count). The fraction of sp³-hybridized carbons (Fsp3) is 0.250. The highest BCUT2D eigenvalue weighted by Crippen LogP contribution is 2.24. The molecule has 0 radical (unpaired) electrons. The molecule has 1 aliphatic rings. The van der Waals surface area contributed by atoms with Crippen molar-refractivity contribution in [3.8, 4) is 0 Å². The fourth-order valence-corrected chi connectivity index (χ4v) is 3.01. The van der Waals surface area contributed by atoms with Gasteiger partial charge in [0, 0.05) is 24.1 Å². The summed E-state index contributed by atoms with van der Waals surface area (Å²) in [7, 11) is 0.